The van der Waals surface area contributed by atoms with E-state index in [0.717, 1.165) is 5.56 Å². The number of hydrogen-bond acceptors (Lipinski definition) is 3. The molecule has 0 aromatic heterocycles. The van der Waals surface area contributed by atoms with Crippen LogP contribution in [0.3, 0.4) is 0 Å². The molecule has 0 aliphatic carbocycles. The van der Waals surface area contributed by atoms with Crippen molar-refractivity contribution in [2.75, 3.05) is 13.1 Å². The maximum absolute atomic E-state index is 12.6. The SMILES string of the molecule is O=C(c1cccc(OC(F)F)c1)N1CCC(C(O)c2ccccc2)CC1. The van der Waals surface area contributed by atoms with E-state index in [1.54, 1.807) is 11.0 Å². The Bertz CT molecular complexity index is 731. The highest BCUT2D eigenvalue weighted by molar-refractivity contribution is 5.94. The Labute approximate surface area is 151 Å². The second-order valence-electron chi connectivity index (χ2n) is 6.39. The Morgan fingerprint density at radius 3 is 2.42 bits per heavy atom. The highest BCUT2D eigenvalue weighted by Gasteiger charge is 2.28. The van der Waals surface area contributed by atoms with Crippen molar-refractivity contribution in [2.24, 2.45) is 5.92 Å². The van der Waals surface area contributed by atoms with Crippen LogP contribution in [0.1, 0.15) is 34.9 Å². The molecule has 1 amide bonds. The number of piperidine rings is 1. The number of hydrogen-bond donors (Lipinski definition) is 1. The van der Waals surface area contributed by atoms with Gasteiger partial charge >= 0.3 is 6.61 Å². The largest absolute Gasteiger partial charge is 0.435 e. The van der Waals surface area contributed by atoms with Gasteiger partial charge in [0.2, 0.25) is 0 Å². The summed E-state index contributed by atoms with van der Waals surface area (Å²) in [6.45, 7) is -1.88. The Balaban J connectivity index is 1.60. The third-order valence-electron chi connectivity index (χ3n) is 4.72. The van der Waals surface area contributed by atoms with E-state index in [9.17, 15) is 18.7 Å². The molecule has 2 aromatic rings. The number of aliphatic hydroxyl groups excluding tert-OH is 1. The lowest BCUT2D eigenvalue weighted by Gasteiger charge is -2.34. The van der Waals surface area contributed by atoms with Gasteiger partial charge in [-0.2, -0.15) is 8.78 Å². The Morgan fingerprint density at radius 1 is 1.08 bits per heavy atom. The van der Waals surface area contributed by atoms with Crippen LogP contribution in [0, 0.1) is 5.92 Å². The fraction of sp³-hybridized carbons (Fsp3) is 0.350. The number of benzene rings is 2. The monoisotopic (exact) mass is 361 g/mol. The first-order chi connectivity index (χ1) is 12.5. The zero-order valence-electron chi connectivity index (χ0n) is 14.2. The molecule has 2 aromatic carbocycles. The van der Waals surface area contributed by atoms with Crippen LogP contribution < -0.4 is 4.74 Å². The zero-order chi connectivity index (χ0) is 18.5. The second kappa shape index (κ2) is 8.27. The minimum Gasteiger partial charge on any atom is -0.435 e. The predicted molar refractivity (Wildman–Crippen MR) is 93.1 cm³/mol. The summed E-state index contributed by atoms with van der Waals surface area (Å²) < 4.78 is 29.0. The molecule has 0 spiro atoms. The first-order valence-electron chi connectivity index (χ1n) is 8.62. The van der Waals surface area contributed by atoms with Gasteiger partial charge < -0.3 is 14.7 Å². The maximum Gasteiger partial charge on any atom is 0.387 e. The Kier molecular flexibility index (Phi) is 5.83. The van der Waals surface area contributed by atoms with E-state index in [-0.39, 0.29) is 17.6 Å². The number of nitrogens with zero attached hydrogens (tertiary/aromatic N) is 1. The minimum atomic E-state index is -2.92. The van der Waals surface area contributed by atoms with Gasteiger partial charge in [0.05, 0.1) is 6.10 Å². The molecule has 4 nitrogen and oxygen atoms in total. The number of carbonyl (C=O) groups excluding carboxylic acids is 1. The molecule has 0 saturated carbocycles. The van der Waals surface area contributed by atoms with Crippen LogP contribution in [-0.4, -0.2) is 35.6 Å². The fourth-order valence-electron chi connectivity index (χ4n) is 3.33. The van der Waals surface area contributed by atoms with Crippen LogP contribution in [0.5, 0.6) is 5.75 Å². The molecule has 1 saturated heterocycles. The van der Waals surface area contributed by atoms with Crippen molar-refractivity contribution >= 4 is 5.91 Å². The quantitative estimate of drug-likeness (QED) is 0.879. The number of carbonyl (C=O) groups is 1. The van der Waals surface area contributed by atoms with Crippen LogP contribution in [0.4, 0.5) is 8.78 Å². The van der Waals surface area contributed by atoms with Gasteiger partial charge in [-0.15, -0.1) is 0 Å². The van der Waals surface area contributed by atoms with Gasteiger partial charge in [0.25, 0.3) is 5.91 Å². The van der Waals surface area contributed by atoms with Gasteiger partial charge in [-0.1, -0.05) is 36.4 Å². The molecular weight excluding hydrogens is 340 g/mol. The molecule has 1 heterocycles. The third kappa shape index (κ3) is 4.38. The molecule has 1 unspecified atom stereocenters. The number of aliphatic hydroxyl groups is 1. The fourth-order valence-corrected chi connectivity index (χ4v) is 3.33. The van der Waals surface area contributed by atoms with Crippen LogP contribution >= 0.6 is 0 Å². The van der Waals surface area contributed by atoms with Gasteiger partial charge in [-0.3, -0.25) is 4.79 Å². The van der Waals surface area contributed by atoms with Gasteiger partial charge in [-0.05, 0) is 42.5 Å². The summed E-state index contributed by atoms with van der Waals surface area (Å²) in [6.07, 6.45) is 0.834. The lowest BCUT2D eigenvalue weighted by atomic mass is 9.87. The second-order valence-corrected chi connectivity index (χ2v) is 6.39. The first kappa shape index (κ1) is 18.3. The average molecular weight is 361 g/mol. The van der Waals surface area contributed by atoms with Gasteiger partial charge in [-0.25, -0.2) is 0 Å². The van der Waals surface area contributed by atoms with Crippen molar-refractivity contribution in [2.45, 2.75) is 25.6 Å². The van der Waals surface area contributed by atoms with Gasteiger partial charge in [0.1, 0.15) is 5.75 Å². The van der Waals surface area contributed by atoms with Gasteiger partial charge in [0.15, 0.2) is 0 Å². The molecule has 0 radical (unpaired) electrons. The number of likely N-dealkylation sites (tertiary alicyclic amines) is 1. The van der Waals surface area contributed by atoms with E-state index in [1.807, 2.05) is 30.3 Å². The van der Waals surface area contributed by atoms with E-state index in [4.69, 9.17) is 0 Å². The van der Waals surface area contributed by atoms with Crippen molar-refractivity contribution < 1.29 is 23.4 Å². The molecule has 1 aliphatic heterocycles. The molecule has 26 heavy (non-hydrogen) atoms. The van der Waals surface area contributed by atoms with Crippen LogP contribution in [0.2, 0.25) is 0 Å². The number of halogens is 2. The van der Waals surface area contributed by atoms with Crippen molar-refractivity contribution in [1.29, 1.82) is 0 Å². The summed E-state index contributed by atoms with van der Waals surface area (Å²) in [5.74, 6) is -0.146. The number of alkyl halides is 2. The van der Waals surface area contributed by atoms with E-state index in [1.165, 1.54) is 18.2 Å². The lowest BCUT2D eigenvalue weighted by Crippen LogP contribution is -2.39. The Hall–Kier alpha value is -2.47. The van der Waals surface area contributed by atoms with Crippen LogP contribution in [0.25, 0.3) is 0 Å². The van der Waals surface area contributed by atoms with Gasteiger partial charge in [0, 0.05) is 18.7 Å². The number of rotatable bonds is 5. The average Bonchev–Trinajstić information content (AvgIpc) is 2.67. The van der Waals surface area contributed by atoms with E-state index < -0.39 is 12.7 Å². The predicted octanol–water partition coefficient (Wildman–Crippen LogP) is 3.87. The summed E-state index contributed by atoms with van der Waals surface area (Å²) in [5.41, 5.74) is 1.21. The van der Waals surface area contributed by atoms with Crippen molar-refractivity contribution in [3.8, 4) is 5.75 Å². The molecule has 1 fully saturated rings. The number of ether oxygens (including phenoxy) is 1. The molecule has 3 rings (SSSR count). The first-order valence-corrected chi connectivity index (χ1v) is 8.62. The van der Waals surface area contributed by atoms with Crippen LogP contribution in [-0.2, 0) is 0 Å². The Morgan fingerprint density at radius 2 is 1.77 bits per heavy atom. The molecule has 1 aliphatic rings. The summed E-state index contributed by atoms with van der Waals surface area (Å²) in [4.78, 5) is 14.3. The van der Waals surface area contributed by atoms with Crippen LogP contribution in [0.15, 0.2) is 54.6 Å². The van der Waals surface area contributed by atoms with E-state index in [0.29, 0.717) is 31.5 Å². The standard InChI is InChI=1S/C20H21F2NO3/c21-20(22)26-17-8-4-7-16(13-17)19(25)23-11-9-15(10-12-23)18(24)14-5-2-1-3-6-14/h1-8,13,15,18,20,24H,9-12H2. The topological polar surface area (TPSA) is 49.8 Å². The smallest absolute Gasteiger partial charge is 0.387 e. The molecule has 0 bridgehead atoms. The minimum absolute atomic E-state index is 0.0276. The molecule has 1 N–H and O–H groups in total. The third-order valence-corrected chi connectivity index (χ3v) is 4.72. The molecule has 6 heteroatoms. The molecule has 138 valence electrons. The van der Waals surface area contributed by atoms with Crippen molar-refractivity contribution in [3.05, 3.63) is 65.7 Å². The lowest BCUT2D eigenvalue weighted by molar-refractivity contribution is -0.0499. The molecule has 1 atom stereocenters. The molecular formula is C20H21F2NO3. The summed E-state index contributed by atoms with van der Waals surface area (Å²) in [6, 6.07) is 15.3. The maximum atomic E-state index is 12.6. The zero-order valence-corrected chi connectivity index (χ0v) is 14.2. The number of amides is 1. The van der Waals surface area contributed by atoms with E-state index >= 15 is 0 Å². The van der Waals surface area contributed by atoms with Crippen molar-refractivity contribution in [3.63, 3.8) is 0 Å². The summed E-state index contributed by atoms with van der Waals surface area (Å²) >= 11 is 0. The highest BCUT2D eigenvalue weighted by Crippen LogP contribution is 2.31. The normalized spacial score (nSPS) is 16.5. The van der Waals surface area contributed by atoms with E-state index in [2.05, 4.69) is 4.74 Å². The summed E-state index contributed by atoms with van der Waals surface area (Å²) in [5, 5.41) is 10.5. The summed E-state index contributed by atoms with van der Waals surface area (Å²) in [7, 11) is 0. The van der Waals surface area contributed by atoms with Crippen molar-refractivity contribution in [1.82, 2.24) is 4.90 Å². The highest BCUT2D eigenvalue weighted by atomic mass is 19.3.